The summed E-state index contributed by atoms with van der Waals surface area (Å²) in [6.45, 7) is 3.20. The van der Waals surface area contributed by atoms with Gasteiger partial charge in [-0.05, 0) is 41.0 Å². The minimum atomic E-state index is -0.169. The van der Waals surface area contributed by atoms with Gasteiger partial charge in [-0.3, -0.25) is 4.90 Å². The van der Waals surface area contributed by atoms with Gasteiger partial charge in [0.25, 0.3) is 0 Å². The summed E-state index contributed by atoms with van der Waals surface area (Å²) >= 11 is 3.51. The van der Waals surface area contributed by atoms with E-state index in [9.17, 15) is 4.39 Å². The first-order valence-corrected chi connectivity index (χ1v) is 8.44. The van der Waals surface area contributed by atoms with E-state index in [4.69, 9.17) is 0 Å². The van der Waals surface area contributed by atoms with E-state index < -0.39 is 0 Å². The van der Waals surface area contributed by atoms with Crippen LogP contribution in [0.1, 0.15) is 17.0 Å². The number of benzene rings is 2. The molecule has 1 unspecified atom stereocenters. The summed E-state index contributed by atoms with van der Waals surface area (Å²) in [6, 6.07) is 15.6. The first kappa shape index (κ1) is 14.2. The summed E-state index contributed by atoms with van der Waals surface area (Å²) in [5.41, 5.74) is 3.93. The summed E-state index contributed by atoms with van der Waals surface area (Å²) in [6.07, 6.45) is 2.32. The molecule has 3 heteroatoms. The van der Waals surface area contributed by atoms with E-state index in [1.165, 1.54) is 11.1 Å². The summed E-state index contributed by atoms with van der Waals surface area (Å²) in [5, 5.41) is 0. The summed E-state index contributed by atoms with van der Waals surface area (Å²) in [5.74, 6) is 0.852. The van der Waals surface area contributed by atoms with Crippen molar-refractivity contribution < 1.29 is 4.39 Å². The lowest BCUT2D eigenvalue weighted by Crippen LogP contribution is -2.24. The molecule has 1 saturated heterocycles. The van der Waals surface area contributed by atoms with Gasteiger partial charge >= 0.3 is 0 Å². The molecule has 0 saturated carbocycles. The molecular formula is C19H17BrFN. The third kappa shape index (κ3) is 2.53. The van der Waals surface area contributed by atoms with Crippen LogP contribution in [-0.2, 0) is 0 Å². The van der Waals surface area contributed by atoms with Gasteiger partial charge in [-0.2, -0.15) is 0 Å². The fourth-order valence-corrected chi connectivity index (χ4v) is 4.01. The van der Waals surface area contributed by atoms with Crippen molar-refractivity contribution in [1.82, 2.24) is 4.90 Å². The molecule has 2 bridgehead atoms. The number of hydrogen-bond donors (Lipinski definition) is 0. The van der Waals surface area contributed by atoms with Crippen LogP contribution in [0.15, 0.2) is 59.1 Å². The number of hydrogen-bond acceptors (Lipinski definition) is 1. The maximum atomic E-state index is 13.2. The Hall–Kier alpha value is -1.45. The molecule has 2 aliphatic heterocycles. The lowest BCUT2D eigenvalue weighted by Gasteiger charge is -2.25. The molecule has 2 heterocycles. The smallest absolute Gasteiger partial charge is 0.123 e. The van der Waals surface area contributed by atoms with Crippen molar-refractivity contribution >= 4 is 21.5 Å². The molecule has 22 heavy (non-hydrogen) atoms. The van der Waals surface area contributed by atoms with Crippen LogP contribution in [-0.4, -0.2) is 24.5 Å². The first-order valence-electron chi connectivity index (χ1n) is 7.64. The lowest BCUT2D eigenvalue weighted by molar-refractivity contribution is 0.360. The Morgan fingerprint density at radius 3 is 2.32 bits per heavy atom. The van der Waals surface area contributed by atoms with Crippen LogP contribution in [0.25, 0.3) is 5.57 Å². The highest BCUT2D eigenvalue weighted by Gasteiger charge is 2.38. The number of halogens is 2. The molecule has 0 N–H and O–H groups in total. The molecule has 1 fully saturated rings. The zero-order valence-electron chi connectivity index (χ0n) is 12.2. The zero-order chi connectivity index (χ0) is 15.1. The zero-order valence-corrected chi connectivity index (χ0v) is 13.8. The van der Waals surface area contributed by atoms with E-state index in [0.29, 0.717) is 11.8 Å². The van der Waals surface area contributed by atoms with Crippen molar-refractivity contribution in [1.29, 1.82) is 0 Å². The molecule has 112 valence electrons. The summed E-state index contributed by atoms with van der Waals surface area (Å²) in [4.78, 5) is 2.50. The van der Waals surface area contributed by atoms with Crippen LogP contribution in [0.2, 0.25) is 0 Å². The fourth-order valence-electron chi connectivity index (χ4n) is 3.75. The molecule has 1 nitrogen and oxygen atoms in total. The highest BCUT2D eigenvalue weighted by atomic mass is 79.9. The SMILES string of the molecule is Fc1ccc(C2=CCN3C[C@H]2[C@H](c2ccc(Br)cc2)C3)cc1. The quantitative estimate of drug-likeness (QED) is 0.752. The van der Waals surface area contributed by atoms with Gasteiger partial charge in [0.15, 0.2) is 0 Å². The van der Waals surface area contributed by atoms with Crippen LogP contribution in [0.5, 0.6) is 0 Å². The van der Waals surface area contributed by atoms with Gasteiger partial charge in [-0.25, -0.2) is 4.39 Å². The Balaban J connectivity index is 1.68. The van der Waals surface area contributed by atoms with E-state index in [1.807, 2.05) is 12.1 Å². The second-order valence-electron chi connectivity index (χ2n) is 6.15. The second kappa shape index (κ2) is 5.64. The highest BCUT2D eigenvalue weighted by molar-refractivity contribution is 9.10. The van der Waals surface area contributed by atoms with Crippen LogP contribution in [0.3, 0.4) is 0 Å². The van der Waals surface area contributed by atoms with E-state index in [1.54, 1.807) is 12.1 Å². The molecule has 0 spiro atoms. The molecule has 0 aromatic heterocycles. The van der Waals surface area contributed by atoms with Gasteiger partial charge in [0.05, 0.1) is 0 Å². The lowest BCUT2D eigenvalue weighted by atomic mass is 9.80. The normalized spacial score (nSPS) is 26.8. The van der Waals surface area contributed by atoms with Crippen LogP contribution >= 0.6 is 15.9 Å². The molecule has 0 amide bonds. The average Bonchev–Trinajstić information content (AvgIpc) is 2.87. The van der Waals surface area contributed by atoms with E-state index >= 15 is 0 Å². The Kier molecular flexibility index (Phi) is 3.63. The van der Waals surface area contributed by atoms with E-state index in [2.05, 4.69) is 51.2 Å². The molecule has 2 aliphatic rings. The van der Waals surface area contributed by atoms with Gasteiger partial charge in [-0.1, -0.05) is 46.3 Å². The Morgan fingerprint density at radius 1 is 0.909 bits per heavy atom. The largest absolute Gasteiger partial charge is 0.298 e. The van der Waals surface area contributed by atoms with Crippen molar-refractivity contribution in [2.24, 2.45) is 5.92 Å². The van der Waals surface area contributed by atoms with Crippen LogP contribution in [0.4, 0.5) is 4.39 Å². The third-order valence-electron chi connectivity index (χ3n) is 4.84. The fraction of sp³-hybridized carbons (Fsp3) is 0.263. The van der Waals surface area contributed by atoms with Crippen molar-refractivity contribution in [2.45, 2.75) is 5.92 Å². The molecule has 2 aromatic carbocycles. The van der Waals surface area contributed by atoms with Crippen LogP contribution < -0.4 is 0 Å². The van der Waals surface area contributed by atoms with Crippen molar-refractivity contribution in [3.63, 3.8) is 0 Å². The van der Waals surface area contributed by atoms with Gasteiger partial charge < -0.3 is 0 Å². The molecule has 0 aliphatic carbocycles. The van der Waals surface area contributed by atoms with Crippen LogP contribution in [0, 0.1) is 11.7 Å². The van der Waals surface area contributed by atoms with E-state index in [-0.39, 0.29) is 5.82 Å². The molecule has 3 atom stereocenters. The second-order valence-corrected chi connectivity index (χ2v) is 7.07. The van der Waals surface area contributed by atoms with Gasteiger partial charge in [-0.15, -0.1) is 0 Å². The molecule has 0 radical (unpaired) electrons. The monoisotopic (exact) mass is 357 g/mol. The predicted molar refractivity (Wildman–Crippen MR) is 91.2 cm³/mol. The number of nitrogens with zero attached hydrogens (tertiary/aromatic N) is 1. The summed E-state index contributed by atoms with van der Waals surface area (Å²) in [7, 11) is 0. The highest BCUT2D eigenvalue weighted by Crippen LogP contribution is 2.43. The van der Waals surface area contributed by atoms with E-state index in [0.717, 1.165) is 29.7 Å². The third-order valence-corrected chi connectivity index (χ3v) is 5.37. The van der Waals surface area contributed by atoms with Gasteiger partial charge in [0.1, 0.15) is 5.82 Å². The van der Waals surface area contributed by atoms with Crippen molar-refractivity contribution in [3.8, 4) is 0 Å². The number of rotatable bonds is 2. The maximum Gasteiger partial charge on any atom is 0.123 e. The average molecular weight is 358 g/mol. The van der Waals surface area contributed by atoms with Crippen molar-refractivity contribution in [3.05, 3.63) is 76.0 Å². The minimum absolute atomic E-state index is 0.169. The Morgan fingerprint density at radius 2 is 1.59 bits per heavy atom. The Labute approximate surface area is 138 Å². The maximum absolute atomic E-state index is 13.2. The standard InChI is InChI=1S/C19H17BrFN/c20-15-5-1-14(2-6-15)18-11-22-10-9-17(19(18)12-22)13-3-7-16(21)8-4-13/h1-9,18-19H,10-12H2/t18-,19+/m0/s1. The van der Waals surface area contributed by atoms with Gasteiger partial charge in [0.2, 0.25) is 0 Å². The predicted octanol–water partition coefficient (Wildman–Crippen LogP) is 4.70. The minimum Gasteiger partial charge on any atom is -0.298 e. The molecular weight excluding hydrogens is 341 g/mol. The molecule has 2 aromatic rings. The van der Waals surface area contributed by atoms with Crippen molar-refractivity contribution in [2.75, 3.05) is 19.6 Å². The first-order chi connectivity index (χ1) is 10.7. The summed E-state index contributed by atoms with van der Waals surface area (Å²) < 4.78 is 14.3. The Bertz CT molecular complexity index is 705. The molecule has 4 rings (SSSR count). The topological polar surface area (TPSA) is 3.24 Å². The number of fused-ring (bicyclic) bond motifs is 2. The van der Waals surface area contributed by atoms with Gasteiger partial charge in [0, 0.05) is 35.9 Å².